The first kappa shape index (κ1) is 21.7. The average molecular weight is 436 g/mol. The van der Waals surface area contributed by atoms with E-state index < -0.39 is 28.6 Å². The number of nitrogens with zero attached hydrogens (tertiary/aromatic N) is 3. The molecule has 1 N–H and O–H groups in total. The van der Waals surface area contributed by atoms with Crippen molar-refractivity contribution in [2.45, 2.75) is 0 Å². The molecule has 1 saturated heterocycles. The SMILES string of the molecule is CN1CCN(c2c(F)cc3c(=O)c(C(=O)O)cn(-c4ccccc4)c3c2F)CC1.Cl. The minimum Gasteiger partial charge on any atom is -0.477 e. The van der Waals surface area contributed by atoms with Gasteiger partial charge in [-0.3, -0.25) is 4.79 Å². The molecule has 30 heavy (non-hydrogen) atoms. The van der Waals surface area contributed by atoms with Crippen LogP contribution in [0.3, 0.4) is 0 Å². The van der Waals surface area contributed by atoms with Crippen molar-refractivity contribution in [3.05, 3.63) is 70.0 Å². The summed E-state index contributed by atoms with van der Waals surface area (Å²) in [5, 5.41) is 9.10. The largest absolute Gasteiger partial charge is 0.477 e. The van der Waals surface area contributed by atoms with Crippen LogP contribution in [-0.2, 0) is 0 Å². The number of anilines is 1. The van der Waals surface area contributed by atoms with Gasteiger partial charge < -0.3 is 19.5 Å². The minimum absolute atomic E-state index is 0. The zero-order valence-corrected chi connectivity index (χ0v) is 17.0. The predicted molar refractivity (Wildman–Crippen MR) is 113 cm³/mol. The highest BCUT2D eigenvalue weighted by Gasteiger charge is 2.27. The first-order chi connectivity index (χ1) is 13.9. The smallest absolute Gasteiger partial charge is 0.341 e. The number of benzene rings is 2. The molecule has 2 heterocycles. The summed E-state index contributed by atoms with van der Waals surface area (Å²) in [5.41, 5.74) is -1.33. The second-order valence-corrected chi connectivity index (χ2v) is 7.09. The van der Waals surface area contributed by atoms with Crippen LogP contribution in [0.5, 0.6) is 0 Å². The van der Waals surface area contributed by atoms with E-state index in [0.29, 0.717) is 31.9 Å². The molecule has 0 amide bonds. The van der Waals surface area contributed by atoms with E-state index in [9.17, 15) is 19.1 Å². The number of aromatic nitrogens is 1. The monoisotopic (exact) mass is 435 g/mol. The molecule has 1 aromatic heterocycles. The number of halogens is 3. The van der Waals surface area contributed by atoms with Crippen LogP contribution in [-0.4, -0.2) is 53.8 Å². The van der Waals surface area contributed by atoms with Gasteiger partial charge in [0.25, 0.3) is 0 Å². The summed E-state index contributed by atoms with van der Waals surface area (Å²) in [6.45, 7) is 2.19. The van der Waals surface area contributed by atoms with E-state index in [2.05, 4.69) is 4.90 Å². The van der Waals surface area contributed by atoms with Gasteiger partial charge in [-0.15, -0.1) is 12.4 Å². The van der Waals surface area contributed by atoms with Gasteiger partial charge in [-0.25, -0.2) is 13.6 Å². The Morgan fingerprint density at radius 2 is 1.70 bits per heavy atom. The first-order valence-corrected chi connectivity index (χ1v) is 9.18. The van der Waals surface area contributed by atoms with Crippen molar-refractivity contribution >= 4 is 35.0 Å². The van der Waals surface area contributed by atoms with E-state index in [1.807, 2.05) is 7.05 Å². The number of rotatable bonds is 3. The van der Waals surface area contributed by atoms with E-state index in [0.717, 1.165) is 12.3 Å². The Morgan fingerprint density at radius 1 is 1.07 bits per heavy atom. The van der Waals surface area contributed by atoms with Gasteiger partial charge in [-0.1, -0.05) is 18.2 Å². The Labute approximate surface area is 177 Å². The summed E-state index contributed by atoms with van der Waals surface area (Å²) < 4.78 is 31.9. The fourth-order valence-corrected chi connectivity index (χ4v) is 3.67. The number of carbonyl (C=O) groups is 1. The summed E-state index contributed by atoms with van der Waals surface area (Å²) >= 11 is 0. The second-order valence-electron chi connectivity index (χ2n) is 7.09. The Morgan fingerprint density at radius 3 is 2.30 bits per heavy atom. The Kier molecular flexibility index (Phi) is 6.09. The molecule has 0 aliphatic carbocycles. The molecule has 0 unspecified atom stereocenters. The number of hydrogen-bond acceptors (Lipinski definition) is 4. The van der Waals surface area contributed by atoms with Crippen LogP contribution in [0.4, 0.5) is 14.5 Å². The number of carboxylic acid groups (broad SMARTS) is 1. The van der Waals surface area contributed by atoms with Gasteiger partial charge in [-0.05, 0) is 25.2 Å². The van der Waals surface area contributed by atoms with Crippen LogP contribution in [0.25, 0.3) is 16.6 Å². The summed E-state index contributed by atoms with van der Waals surface area (Å²) in [6, 6.07) is 9.45. The van der Waals surface area contributed by atoms with E-state index in [1.165, 1.54) is 4.57 Å². The Balaban J connectivity index is 0.00000256. The molecular formula is C21H20ClF2N3O3. The number of para-hydroxylation sites is 1. The van der Waals surface area contributed by atoms with Crippen molar-refractivity contribution < 1.29 is 18.7 Å². The van der Waals surface area contributed by atoms with Crippen LogP contribution in [0.1, 0.15) is 10.4 Å². The molecule has 1 fully saturated rings. The molecule has 4 rings (SSSR count). The lowest BCUT2D eigenvalue weighted by Crippen LogP contribution is -2.45. The highest BCUT2D eigenvalue weighted by molar-refractivity contribution is 5.94. The summed E-state index contributed by atoms with van der Waals surface area (Å²) in [4.78, 5) is 27.9. The normalized spacial score (nSPS) is 14.6. The Hall–Kier alpha value is -2.97. The van der Waals surface area contributed by atoms with Crippen LogP contribution in [0.15, 0.2) is 47.4 Å². The molecule has 1 aliphatic heterocycles. The molecule has 2 aromatic carbocycles. The van der Waals surface area contributed by atoms with E-state index in [1.54, 1.807) is 35.2 Å². The van der Waals surface area contributed by atoms with Gasteiger partial charge in [0.05, 0.1) is 10.9 Å². The van der Waals surface area contributed by atoms with Crippen molar-refractivity contribution in [1.29, 1.82) is 0 Å². The van der Waals surface area contributed by atoms with Gasteiger partial charge in [0.1, 0.15) is 17.1 Å². The molecule has 6 nitrogen and oxygen atoms in total. The fraction of sp³-hybridized carbons (Fsp3) is 0.238. The summed E-state index contributed by atoms with van der Waals surface area (Å²) in [6.07, 6.45) is 1.09. The second kappa shape index (κ2) is 8.41. The maximum atomic E-state index is 15.7. The minimum atomic E-state index is -1.45. The number of piperazine rings is 1. The third-order valence-corrected chi connectivity index (χ3v) is 5.24. The van der Waals surface area contributed by atoms with Gasteiger partial charge >= 0.3 is 5.97 Å². The first-order valence-electron chi connectivity index (χ1n) is 9.18. The third-order valence-electron chi connectivity index (χ3n) is 5.24. The summed E-state index contributed by atoms with van der Waals surface area (Å²) in [5.74, 6) is -3.20. The van der Waals surface area contributed by atoms with Gasteiger partial charge in [-0.2, -0.15) is 0 Å². The zero-order valence-electron chi connectivity index (χ0n) is 16.1. The molecule has 0 bridgehead atoms. The maximum Gasteiger partial charge on any atom is 0.341 e. The lowest BCUT2D eigenvalue weighted by Gasteiger charge is -2.34. The highest BCUT2D eigenvalue weighted by Crippen LogP contribution is 2.32. The molecule has 3 aromatic rings. The molecule has 0 radical (unpaired) electrons. The van der Waals surface area contributed by atoms with E-state index >= 15 is 4.39 Å². The molecule has 0 atom stereocenters. The number of hydrogen-bond donors (Lipinski definition) is 1. The Bertz CT molecular complexity index is 1160. The highest BCUT2D eigenvalue weighted by atomic mass is 35.5. The van der Waals surface area contributed by atoms with Crippen LogP contribution >= 0.6 is 12.4 Å². The lowest BCUT2D eigenvalue weighted by molar-refractivity contribution is 0.0695. The number of fused-ring (bicyclic) bond motifs is 1. The number of aromatic carboxylic acids is 1. The van der Waals surface area contributed by atoms with Crippen molar-refractivity contribution in [2.75, 3.05) is 38.1 Å². The average Bonchev–Trinajstić information content (AvgIpc) is 2.70. The fourth-order valence-electron chi connectivity index (χ4n) is 3.67. The van der Waals surface area contributed by atoms with E-state index in [-0.39, 0.29) is 29.0 Å². The van der Waals surface area contributed by atoms with Gasteiger partial charge in [0, 0.05) is 38.1 Å². The van der Waals surface area contributed by atoms with Gasteiger partial charge in [0.15, 0.2) is 5.82 Å². The molecule has 0 spiro atoms. The van der Waals surface area contributed by atoms with Crippen molar-refractivity contribution in [3.63, 3.8) is 0 Å². The molecule has 1 aliphatic rings. The van der Waals surface area contributed by atoms with Crippen LogP contribution in [0, 0.1) is 11.6 Å². The predicted octanol–water partition coefficient (Wildman–Crippen LogP) is 3.14. The van der Waals surface area contributed by atoms with Crippen molar-refractivity contribution in [2.24, 2.45) is 0 Å². The van der Waals surface area contributed by atoms with Crippen LogP contribution < -0.4 is 10.3 Å². The molecule has 158 valence electrons. The van der Waals surface area contributed by atoms with Crippen molar-refractivity contribution in [3.8, 4) is 5.69 Å². The number of carboxylic acids is 1. The standard InChI is InChI=1S/C21H19F2N3O3.ClH/c1-24-7-9-25(10-8-24)19-16(22)11-14-18(17(19)23)26(13-5-3-2-4-6-13)12-15(20(14)27)21(28)29;/h2-6,11-12H,7-10H2,1H3,(H,28,29);1H. The van der Waals surface area contributed by atoms with Crippen molar-refractivity contribution in [1.82, 2.24) is 9.47 Å². The zero-order chi connectivity index (χ0) is 20.7. The topological polar surface area (TPSA) is 65.8 Å². The van der Waals surface area contributed by atoms with Gasteiger partial charge in [0.2, 0.25) is 5.43 Å². The number of pyridine rings is 1. The van der Waals surface area contributed by atoms with Crippen LogP contribution in [0.2, 0.25) is 0 Å². The molecule has 9 heteroatoms. The third kappa shape index (κ3) is 3.64. The quantitative estimate of drug-likeness (QED) is 0.684. The maximum absolute atomic E-state index is 15.7. The lowest BCUT2D eigenvalue weighted by atomic mass is 10.1. The van der Waals surface area contributed by atoms with E-state index in [4.69, 9.17) is 0 Å². The summed E-state index contributed by atoms with van der Waals surface area (Å²) in [7, 11) is 1.94. The molecule has 0 saturated carbocycles. The number of likely N-dealkylation sites (N-methyl/N-ethyl adjacent to an activating group) is 1. The molecular weight excluding hydrogens is 416 g/mol.